The summed E-state index contributed by atoms with van der Waals surface area (Å²) in [7, 11) is 0. The van der Waals surface area contributed by atoms with Crippen LogP contribution in [0.2, 0.25) is 0 Å². The molecule has 4 rings (SSSR count). The number of carbonyl (C=O) groups excluding carboxylic acids is 2. The molecule has 2 amide bonds. The lowest BCUT2D eigenvalue weighted by Gasteiger charge is -2.18. The maximum atomic E-state index is 12.9. The van der Waals surface area contributed by atoms with E-state index in [1.807, 2.05) is 62.4 Å². The molecule has 2 aromatic carbocycles. The van der Waals surface area contributed by atoms with Crippen LogP contribution in [0.1, 0.15) is 23.1 Å². The molecular weight excluding hydrogens is 364 g/mol. The number of nitrogens with zero attached hydrogens (tertiary/aromatic N) is 3. The lowest BCUT2D eigenvalue weighted by molar-refractivity contribution is -0.129. The van der Waals surface area contributed by atoms with Crippen LogP contribution >= 0.6 is 0 Å². The van der Waals surface area contributed by atoms with E-state index >= 15 is 0 Å². The van der Waals surface area contributed by atoms with Crippen molar-refractivity contribution in [3.63, 3.8) is 0 Å². The number of anilines is 2. The second-order valence-electron chi connectivity index (χ2n) is 7.45. The predicted molar refractivity (Wildman–Crippen MR) is 113 cm³/mol. The van der Waals surface area contributed by atoms with Crippen molar-refractivity contribution >= 4 is 23.3 Å². The van der Waals surface area contributed by atoms with Gasteiger partial charge in [0.2, 0.25) is 11.8 Å². The molecule has 6 nitrogen and oxygen atoms in total. The Labute approximate surface area is 170 Å². The smallest absolute Gasteiger partial charge is 0.239 e. The first-order chi connectivity index (χ1) is 14.0. The average Bonchev–Trinajstić information content (AvgIpc) is 3.31. The topological polar surface area (TPSA) is 67.2 Å². The number of rotatable bonds is 5. The van der Waals surface area contributed by atoms with Crippen LogP contribution in [-0.4, -0.2) is 28.1 Å². The van der Waals surface area contributed by atoms with Crippen molar-refractivity contribution in [2.45, 2.75) is 26.8 Å². The van der Waals surface area contributed by atoms with E-state index < -0.39 is 5.92 Å². The van der Waals surface area contributed by atoms with Gasteiger partial charge in [-0.15, -0.1) is 0 Å². The van der Waals surface area contributed by atoms with Gasteiger partial charge in [-0.05, 0) is 49.1 Å². The summed E-state index contributed by atoms with van der Waals surface area (Å²) in [4.78, 5) is 27.4. The number of hydrogen-bond acceptors (Lipinski definition) is 3. The van der Waals surface area contributed by atoms with Gasteiger partial charge < -0.3 is 10.2 Å². The van der Waals surface area contributed by atoms with Gasteiger partial charge in [0.15, 0.2) is 0 Å². The van der Waals surface area contributed by atoms with Crippen molar-refractivity contribution in [3.8, 4) is 0 Å². The van der Waals surface area contributed by atoms with Gasteiger partial charge >= 0.3 is 0 Å². The fourth-order valence-corrected chi connectivity index (χ4v) is 3.61. The highest BCUT2D eigenvalue weighted by Gasteiger charge is 2.38. The van der Waals surface area contributed by atoms with Gasteiger partial charge in [0.1, 0.15) is 11.7 Å². The van der Waals surface area contributed by atoms with Gasteiger partial charge in [-0.2, -0.15) is 5.10 Å². The maximum absolute atomic E-state index is 12.9. The third-order valence-corrected chi connectivity index (χ3v) is 5.47. The van der Waals surface area contributed by atoms with Crippen LogP contribution in [0, 0.1) is 19.8 Å². The van der Waals surface area contributed by atoms with Gasteiger partial charge in [0.25, 0.3) is 0 Å². The van der Waals surface area contributed by atoms with E-state index in [1.54, 1.807) is 21.8 Å². The van der Waals surface area contributed by atoms with E-state index in [2.05, 4.69) is 10.4 Å². The molecule has 1 unspecified atom stereocenters. The number of hydrogen-bond donors (Lipinski definition) is 1. The number of aromatic nitrogens is 2. The van der Waals surface area contributed by atoms with Crippen molar-refractivity contribution < 1.29 is 9.59 Å². The lowest BCUT2D eigenvalue weighted by atomic mass is 10.1. The summed E-state index contributed by atoms with van der Waals surface area (Å²) in [6.07, 6.45) is 2.15. The zero-order chi connectivity index (χ0) is 20.4. The van der Waals surface area contributed by atoms with Crippen LogP contribution in [0.4, 0.5) is 11.5 Å². The number of nitrogens with one attached hydrogen (secondary N) is 1. The average molecular weight is 388 g/mol. The predicted octanol–water partition coefficient (Wildman–Crippen LogP) is 3.54. The molecule has 1 saturated heterocycles. The molecule has 2 heterocycles. The van der Waals surface area contributed by atoms with Crippen LogP contribution in [-0.2, 0) is 16.1 Å². The molecule has 1 aliphatic heterocycles. The number of benzene rings is 2. The first-order valence-electron chi connectivity index (χ1n) is 9.78. The van der Waals surface area contributed by atoms with Gasteiger partial charge in [-0.1, -0.05) is 36.4 Å². The van der Waals surface area contributed by atoms with Crippen LogP contribution in [0.15, 0.2) is 60.8 Å². The van der Waals surface area contributed by atoms with Crippen molar-refractivity contribution in [2.75, 3.05) is 16.8 Å². The molecule has 0 saturated carbocycles. The van der Waals surface area contributed by atoms with Crippen LogP contribution < -0.4 is 10.2 Å². The highest BCUT2D eigenvalue weighted by Crippen LogP contribution is 2.27. The summed E-state index contributed by atoms with van der Waals surface area (Å²) in [5.41, 5.74) is 4.25. The standard InChI is InChI=1S/C23H24N4O2/c1-16-8-9-19(14-17(16)2)26-13-11-20(23(26)29)22(28)25-21-10-12-24-27(21)15-18-6-4-3-5-7-18/h3-10,12,14,20H,11,13,15H2,1-2H3,(H,25,28). The largest absolute Gasteiger partial charge is 0.312 e. The van der Waals surface area contributed by atoms with Crippen molar-refractivity contribution in [1.29, 1.82) is 0 Å². The Morgan fingerprint density at radius 1 is 1.10 bits per heavy atom. The van der Waals surface area contributed by atoms with E-state index in [-0.39, 0.29) is 11.8 Å². The number of amides is 2. The lowest BCUT2D eigenvalue weighted by Crippen LogP contribution is -2.33. The summed E-state index contributed by atoms with van der Waals surface area (Å²) >= 11 is 0. The molecule has 3 aromatic rings. The van der Waals surface area contributed by atoms with Gasteiger partial charge in [0, 0.05) is 18.3 Å². The second-order valence-corrected chi connectivity index (χ2v) is 7.45. The number of carbonyl (C=O) groups is 2. The first-order valence-corrected chi connectivity index (χ1v) is 9.78. The maximum Gasteiger partial charge on any atom is 0.239 e. The Morgan fingerprint density at radius 3 is 2.66 bits per heavy atom. The Kier molecular flexibility index (Phi) is 5.16. The zero-order valence-electron chi connectivity index (χ0n) is 16.6. The van der Waals surface area contributed by atoms with Crippen LogP contribution in [0.25, 0.3) is 0 Å². The molecule has 29 heavy (non-hydrogen) atoms. The summed E-state index contributed by atoms with van der Waals surface area (Å²) < 4.78 is 1.73. The molecule has 0 spiro atoms. The third-order valence-electron chi connectivity index (χ3n) is 5.47. The molecular formula is C23H24N4O2. The normalized spacial score (nSPS) is 16.3. The highest BCUT2D eigenvalue weighted by molar-refractivity contribution is 6.13. The van der Waals surface area contributed by atoms with E-state index in [0.29, 0.717) is 25.3 Å². The quantitative estimate of drug-likeness (QED) is 0.680. The monoisotopic (exact) mass is 388 g/mol. The first kappa shape index (κ1) is 18.9. The van der Waals surface area contributed by atoms with Gasteiger partial charge in [-0.3, -0.25) is 9.59 Å². The van der Waals surface area contributed by atoms with E-state index in [0.717, 1.165) is 16.8 Å². The van der Waals surface area contributed by atoms with E-state index in [9.17, 15) is 9.59 Å². The minimum Gasteiger partial charge on any atom is -0.312 e. The Bertz CT molecular complexity index is 1040. The Balaban J connectivity index is 1.45. The second kappa shape index (κ2) is 7.91. The van der Waals surface area contributed by atoms with Crippen LogP contribution in [0.3, 0.4) is 0 Å². The van der Waals surface area contributed by atoms with Gasteiger partial charge in [-0.25, -0.2) is 4.68 Å². The highest BCUT2D eigenvalue weighted by atomic mass is 16.2. The molecule has 1 aliphatic rings. The SMILES string of the molecule is Cc1ccc(N2CCC(C(=O)Nc3ccnn3Cc3ccccc3)C2=O)cc1C. The van der Waals surface area contributed by atoms with E-state index in [1.165, 1.54) is 5.56 Å². The van der Waals surface area contributed by atoms with E-state index in [4.69, 9.17) is 0 Å². The minimum absolute atomic E-state index is 0.153. The fraction of sp³-hybridized carbons (Fsp3) is 0.261. The summed E-state index contributed by atoms with van der Waals surface area (Å²) in [6, 6.07) is 17.6. The molecule has 1 atom stereocenters. The molecule has 1 fully saturated rings. The third kappa shape index (κ3) is 3.92. The summed E-state index contributed by atoms with van der Waals surface area (Å²) in [5, 5.41) is 7.19. The van der Waals surface area contributed by atoms with Crippen LogP contribution in [0.5, 0.6) is 0 Å². The molecule has 0 aliphatic carbocycles. The Morgan fingerprint density at radius 2 is 1.90 bits per heavy atom. The molecule has 1 N–H and O–H groups in total. The number of aryl methyl sites for hydroxylation is 2. The molecule has 6 heteroatoms. The summed E-state index contributed by atoms with van der Waals surface area (Å²) in [6.45, 7) is 5.16. The minimum atomic E-state index is -0.684. The fourth-order valence-electron chi connectivity index (χ4n) is 3.61. The molecule has 0 bridgehead atoms. The molecule has 0 radical (unpaired) electrons. The van der Waals surface area contributed by atoms with Gasteiger partial charge in [0.05, 0.1) is 12.7 Å². The van der Waals surface area contributed by atoms with Crippen molar-refractivity contribution in [1.82, 2.24) is 9.78 Å². The van der Waals surface area contributed by atoms with Crippen molar-refractivity contribution in [3.05, 3.63) is 77.5 Å². The molecule has 1 aromatic heterocycles. The molecule has 148 valence electrons. The Hall–Kier alpha value is -3.41. The summed E-state index contributed by atoms with van der Waals surface area (Å²) in [5.74, 6) is -0.524. The van der Waals surface area contributed by atoms with Crippen molar-refractivity contribution in [2.24, 2.45) is 5.92 Å². The zero-order valence-corrected chi connectivity index (χ0v) is 16.6.